The minimum absolute atomic E-state index is 0.0967. The molecule has 2 aromatic heterocycles. The Morgan fingerprint density at radius 1 is 1.41 bits per heavy atom. The number of aryl methyl sites for hydroxylation is 1. The van der Waals surface area contributed by atoms with Gasteiger partial charge in [-0.15, -0.1) is 0 Å². The summed E-state index contributed by atoms with van der Waals surface area (Å²) in [7, 11) is 3.62. The molecule has 0 radical (unpaired) electrons. The van der Waals surface area contributed by atoms with E-state index in [1.807, 2.05) is 37.9 Å². The number of nitrogens with one attached hydrogen (secondary N) is 1. The Balaban J connectivity index is 1.66. The van der Waals surface area contributed by atoms with E-state index in [4.69, 9.17) is 4.74 Å². The van der Waals surface area contributed by atoms with Crippen LogP contribution in [0.4, 0.5) is 0 Å². The van der Waals surface area contributed by atoms with Crippen LogP contribution >= 0.6 is 0 Å². The zero-order valence-electron chi connectivity index (χ0n) is 16.7. The van der Waals surface area contributed by atoms with Crippen LogP contribution in [0.5, 0.6) is 0 Å². The first kappa shape index (κ1) is 19.4. The highest BCUT2D eigenvalue weighted by Gasteiger charge is 2.36. The van der Waals surface area contributed by atoms with E-state index in [9.17, 15) is 9.59 Å². The molecule has 1 fully saturated rings. The van der Waals surface area contributed by atoms with Gasteiger partial charge in [0.25, 0.3) is 5.91 Å². The molecule has 1 aliphatic heterocycles. The van der Waals surface area contributed by atoms with E-state index in [0.29, 0.717) is 18.7 Å². The molecule has 2 amide bonds. The first-order chi connectivity index (χ1) is 12.7. The second-order valence-electron chi connectivity index (χ2n) is 8.02. The molecule has 3 rings (SSSR count). The van der Waals surface area contributed by atoms with E-state index in [1.165, 1.54) is 0 Å². The topological polar surface area (TPSA) is 80.9 Å². The molecule has 1 N–H and O–H groups in total. The number of likely N-dealkylation sites (N-methyl/N-ethyl adjacent to an activating group) is 1. The van der Waals surface area contributed by atoms with Crippen molar-refractivity contribution in [3.05, 3.63) is 24.2 Å². The van der Waals surface area contributed by atoms with Gasteiger partial charge in [0.2, 0.25) is 5.91 Å². The van der Waals surface area contributed by atoms with Crippen LogP contribution in [0.3, 0.4) is 0 Å². The highest BCUT2D eigenvalue weighted by Crippen LogP contribution is 2.24. The summed E-state index contributed by atoms with van der Waals surface area (Å²) >= 11 is 0. The van der Waals surface area contributed by atoms with Crippen LogP contribution in [-0.4, -0.2) is 62.7 Å². The summed E-state index contributed by atoms with van der Waals surface area (Å²) in [6.07, 6.45) is 6.69. The van der Waals surface area contributed by atoms with Crippen LogP contribution in [0, 0.1) is 5.92 Å². The van der Waals surface area contributed by atoms with E-state index in [2.05, 4.69) is 17.3 Å². The molecule has 2 aromatic rings. The van der Waals surface area contributed by atoms with Crippen molar-refractivity contribution in [1.82, 2.24) is 24.4 Å². The molecule has 0 aromatic carbocycles. The second-order valence-corrected chi connectivity index (χ2v) is 8.02. The van der Waals surface area contributed by atoms with E-state index < -0.39 is 11.6 Å². The lowest BCUT2D eigenvalue weighted by Crippen LogP contribution is -2.55. The lowest BCUT2D eigenvalue weighted by atomic mass is 9.96. The smallest absolute Gasteiger partial charge is 0.259 e. The molecule has 1 aliphatic rings. The van der Waals surface area contributed by atoms with Gasteiger partial charge in [-0.05, 0) is 26.2 Å². The number of nitrogens with zero attached hydrogens (tertiary/aromatic N) is 4. The SMILES string of the molecule is CC[C@@H]1CCO[C@@H]1C(=O)NC(C)(C)CN(C)C(=O)c1cnn2ccn(C)c12. The van der Waals surface area contributed by atoms with Crippen molar-refractivity contribution < 1.29 is 14.3 Å². The molecule has 0 aliphatic carbocycles. The highest BCUT2D eigenvalue weighted by atomic mass is 16.5. The van der Waals surface area contributed by atoms with Crippen molar-refractivity contribution in [3.63, 3.8) is 0 Å². The molecule has 8 nitrogen and oxygen atoms in total. The predicted molar refractivity (Wildman–Crippen MR) is 101 cm³/mol. The number of imidazole rings is 1. The molecule has 2 atom stereocenters. The average molecular weight is 375 g/mol. The number of ether oxygens (including phenoxy) is 1. The third kappa shape index (κ3) is 3.85. The zero-order valence-corrected chi connectivity index (χ0v) is 16.7. The van der Waals surface area contributed by atoms with Gasteiger partial charge >= 0.3 is 0 Å². The predicted octanol–water partition coefficient (Wildman–Crippen LogP) is 1.45. The molecule has 0 spiro atoms. The summed E-state index contributed by atoms with van der Waals surface area (Å²) in [6.45, 7) is 6.92. The number of carbonyl (C=O) groups is 2. The van der Waals surface area contributed by atoms with Crippen LogP contribution in [0.2, 0.25) is 0 Å². The van der Waals surface area contributed by atoms with Gasteiger partial charge in [0.05, 0.1) is 11.7 Å². The van der Waals surface area contributed by atoms with E-state index in [1.54, 1.807) is 22.7 Å². The summed E-state index contributed by atoms with van der Waals surface area (Å²) in [4.78, 5) is 27.2. The number of hydrogen-bond donors (Lipinski definition) is 1. The van der Waals surface area contributed by atoms with Gasteiger partial charge in [-0.2, -0.15) is 5.10 Å². The van der Waals surface area contributed by atoms with Crippen LogP contribution in [-0.2, 0) is 16.6 Å². The standard InChI is InChI=1S/C19H29N5O3/c1-6-13-7-10-27-15(13)16(25)21-19(2,3)12-23(5)18(26)14-11-20-24-9-8-22(4)17(14)24/h8-9,11,13,15H,6-7,10,12H2,1-5H3,(H,21,25)/t13-,15+/m1/s1. The summed E-state index contributed by atoms with van der Waals surface area (Å²) in [5, 5.41) is 7.27. The van der Waals surface area contributed by atoms with Crippen molar-refractivity contribution in [1.29, 1.82) is 0 Å². The molecule has 0 unspecified atom stereocenters. The van der Waals surface area contributed by atoms with Gasteiger partial charge in [-0.25, -0.2) is 4.52 Å². The summed E-state index contributed by atoms with van der Waals surface area (Å²) in [6, 6.07) is 0. The summed E-state index contributed by atoms with van der Waals surface area (Å²) in [5.41, 5.74) is 0.711. The fourth-order valence-corrected chi connectivity index (χ4v) is 3.86. The normalized spacial score (nSPS) is 20.2. The number of carbonyl (C=O) groups excluding carboxylic acids is 2. The molecular formula is C19H29N5O3. The second kappa shape index (κ2) is 7.34. The molecule has 8 heteroatoms. The molecular weight excluding hydrogens is 346 g/mol. The van der Waals surface area contributed by atoms with Crippen LogP contribution in [0.15, 0.2) is 18.6 Å². The van der Waals surface area contributed by atoms with Crippen molar-refractivity contribution in [2.45, 2.75) is 45.3 Å². The molecule has 148 valence electrons. The monoisotopic (exact) mass is 375 g/mol. The minimum atomic E-state index is -0.577. The van der Waals surface area contributed by atoms with Gasteiger partial charge in [0.15, 0.2) is 0 Å². The first-order valence-corrected chi connectivity index (χ1v) is 9.41. The molecule has 0 bridgehead atoms. The summed E-state index contributed by atoms with van der Waals surface area (Å²) in [5.74, 6) is 0.0384. The Morgan fingerprint density at radius 2 is 2.15 bits per heavy atom. The Morgan fingerprint density at radius 3 is 2.85 bits per heavy atom. The Hall–Kier alpha value is -2.35. The molecule has 0 saturated carbocycles. The molecule has 27 heavy (non-hydrogen) atoms. The minimum Gasteiger partial charge on any atom is -0.368 e. The lowest BCUT2D eigenvalue weighted by Gasteiger charge is -2.32. The van der Waals surface area contributed by atoms with Crippen LogP contribution in [0.25, 0.3) is 5.65 Å². The van der Waals surface area contributed by atoms with Gasteiger partial charge in [0, 0.05) is 39.6 Å². The number of fused-ring (bicyclic) bond motifs is 1. The maximum atomic E-state index is 12.9. The maximum absolute atomic E-state index is 12.9. The van der Waals surface area contributed by atoms with Gasteiger partial charge in [0.1, 0.15) is 17.3 Å². The van der Waals surface area contributed by atoms with Crippen molar-refractivity contribution in [2.24, 2.45) is 13.0 Å². The van der Waals surface area contributed by atoms with Crippen molar-refractivity contribution in [3.8, 4) is 0 Å². The van der Waals surface area contributed by atoms with Gasteiger partial charge < -0.3 is 19.5 Å². The van der Waals surface area contributed by atoms with Crippen LogP contribution < -0.4 is 5.32 Å². The Labute approximate surface area is 159 Å². The average Bonchev–Trinajstić information content (AvgIpc) is 3.30. The van der Waals surface area contributed by atoms with Gasteiger partial charge in [-0.3, -0.25) is 9.59 Å². The Bertz CT molecular complexity index is 838. The zero-order chi connectivity index (χ0) is 19.8. The number of amides is 2. The fraction of sp³-hybridized carbons (Fsp3) is 0.632. The van der Waals surface area contributed by atoms with Crippen LogP contribution in [0.1, 0.15) is 44.0 Å². The van der Waals surface area contributed by atoms with Crippen molar-refractivity contribution >= 4 is 17.5 Å². The molecule has 3 heterocycles. The highest BCUT2D eigenvalue weighted by molar-refractivity contribution is 5.99. The third-order valence-corrected chi connectivity index (χ3v) is 5.20. The largest absolute Gasteiger partial charge is 0.368 e. The molecule has 1 saturated heterocycles. The Kier molecular flexibility index (Phi) is 5.28. The number of hydrogen-bond acceptors (Lipinski definition) is 4. The van der Waals surface area contributed by atoms with E-state index in [0.717, 1.165) is 18.5 Å². The number of rotatable bonds is 6. The quantitative estimate of drug-likeness (QED) is 0.829. The first-order valence-electron chi connectivity index (χ1n) is 9.41. The van der Waals surface area contributed by atoms with E-state index >= 15 is 0 Å². The number of aromatic nitrogens is 3. The van der Waals surface area contributed by atoms with Crippen molar-refractivity contribution in [2.75, 3.05) is 20.2 Å². The maximum Gasteiger partial charge on any atom is 0.259 e. The van der Waals surface area contributed by atoms with E-state index in [-0.39, 0.29) is 17.7 Å². The lowest BCUT2D eigenvalue weighted by molar-refractivity contribution is -0.133. The summed E-state index contributed by atoms with van der Waals surface area (Å²) < 4.78 is 9.16. The van der Waals surface area contributed by atoms with Gasteiger partial charge in [-0.1, -0.05) is 13.3 Å². The fourth-order valence-electron chi connectivity index (χ4n) is 3.86. The third-order valence-electron chi connectivity index (χ3n) is 5.20.